The van der Waals surface area contributed by atoms with E-state index in [-0.39, 0.29) is 5.91 Å². The molecule has 0 spiro atoms. The molecule has 0 atom stereocenters. The molecular formula is C23H22N4O. The molecule has 2 aromatic heterocycles. The Labute approximate surface area is 164 Å². The van der Waals surface area contributed by atoms with Gasteiger partial charge in [-0.3, -0.25) is 4.79 Å². The number of aromatic nitrogens is 3. The average Bonchev–Trinajstić information content (AvgIpc) is 3.05. The Hall–Kier alpha value is -3.47. The number of rotatable bonds is 5. The summed E-state index contributed by atoms with van der Waals surface area (Å²) >= 11 is 0. The number of amides is 1. The van der Waals surface area contributed by atoms with Crippen molar-refractivity contribution >= 4 is 16.9 Å². The first-order valence-corrected chi connectivity index (χ1v) is 9.38. The van der Waals surface area contributed by atoms with Crippen LogP contribution >= 0.6 is 0 Å². The second-order valence-corrected chi connectivity index (χ2v) is 6.83. The van der Waals surface area contributed by atoms with Gasteiger partial charge in [0, 0.05) is 12.2 Å². The molecule has 1 amide bonds. The van der Waals surface area contributed by atoms with E-state index in [9.17, 15) is 4.79 Å². The van der Waals surface area contributed by atoms with Gasteiger partial charge >= 0.3 is 0 Å². The number of aryl methyl sites for hydroxylation is 2. The van der Waals surface area contributed by atoms with Crippen LogP contribution in [0.4, 0.5) is 0 Å². The molecular weight excluding hydrogens is 348 g/mol. The zero-order valence-corrected chi connectivity index (χ0v) is 16.0. The quantitative estimate of drug-likeness (QED) is 0.577. The maximum atomic E-state index is 12.9. The molecule has 140 valence electrons. The van der Waals surface area contributed by atoms with E-state index in [4.69, 9.17) is 0 Å². The number of carbonyl (C=O) groups excluding carboxylic acids is 1. The maximum absolute atomic E-state index is 12.9. The van der Waals surface area contributed by atoms with E-state index in [1.165, 1.54) is 5.56 Å². The summed E-state index contributed by atoms with van der Waals surface area (Å²) in [6, 6.07) is 21.8. The standard InChI is InChI=1S/C23H22N4O/c1-16-15-20(23(28)24-14-13-18-9-5-3-6-10-18)21-17(2)26-27(22(21)25-16)19-11-7-4-8-12-19/h3-12,15H,13-14H2,1-2H3,(H,24,28). The fourth-order valence-corrected chi connectivity index (χ4v) is 3.40. The monoisotopic (exact) mass is 370 g/mol. The lowest BCUT2D eigenvalue weighted by molar-refractivity contribution is 0.0955. The van der Waals surface area contributed by atoms with Gasteiger partial charge in [0.25, 0.3) is 5.91 Å². The number of fused-ring (bicyclic) bond motifs is 1. The lowest BCUT2D eigenvalue weighted by Crippen LogP contribution is -2.26. The Morgan fingerprint density at radius 3 is 2.39 bits per heavy atom. The fraction of sp³-hybridized carbons (Fsp3) is 0.174. The largest absolute Gasteiger partial charge is 0.352 e. The molecule has 0 radical (unpaired) electrons. The smallest absolute Gasteiger partial charge is 0.252 e. The van der Waals surface area contributed by atoms with Crippen molar-refractivity contribution in [3.8, 4) is 5.69 Å². The van der Waals surface area contributed by atoms with Gasteiger partial charge in [0.15, 0.2) is 5.65 Å². The number of hydrogen-bond acceptors (Lipinski definition) is 3. The molecule has 0 fully saturated rings. The highest BCUT2D eigenvalue weighted by Crippen LogP contribution is 2.24. The first kappa shape index (κ1) is 17.9. The Morgan fingerprint density at radius 1 is 1.00 bits per heavy atom. The van der Waals surface area contributed by atoms with E-state index in [1.807, 2.05) is 68.4 Å². The summed E-state index contributed by atoms with van der Waals surface area (Å²) in [6.07, 6.45) is 0.794. The first-order valence-electron chi connectivity index (χ1n) is 9.38. The number of pyridine rings is 1. The molecule has 1 N–H and O–H groups in total. The molecule has 2 heterocycles. The van der Waals surface area contributed by atoms with Crippen LogP contribution in [-0.2, 0) is 6.42 Å². The minimum atomic E-state index is -0.0952. The van der Waals surface area contributed by atoms with Crippen molar-refractivity contribution in [1.29, 1.82) is 0 Å². The zero-order valence-electron chi connectivity index (χ0n) is 16.0. The predicted molar refractivity (Wildman–Crippen MR) is 111 cm³/mol. The molecule has 0 aliphatic heterocycles. The van der Waals surface area contributed by atoms with Gasteiger partial charge in [-0.25, -0.2) is 9.67 Å². The number of carbonyl (C=O) groups is 1. The summed E-state index contributed by atoms with van der Waals surface area (Å²) in [4.78, 5) is 17.6. The number of para-hydroxylation sites is 1. The topological polar surface area (TPSA) is 59.8 Å². The van der Waals surface area contributed by atoms with Crippen molar-refractivity contribution in [2.45, 2.75) is 20.3 Å². The van der Waals surface area contributed by atoms with Crippen LogP contribution in [0.25, 0.3) is 16.7 Å². The van der Waals surface area contributed by atoms with Crippen molar-refractivity contribution in [2.75, 3.05) is 6.54 Å². The number of benzene rings is 2. The van der Waals surface area contributed by atoms with E-state index in [0.717, 1.165) is 28.9 Å². The van der Waals surface area contributed by atoms with Gasteiger partial charge in [-0.2, -0.15) is 5.10 Å². The van der Waals surface area contributed by atoms with Gasteiger partial charge in [-0.05, 0) is 44.0 Å². The van der Waals surface area contributed by atoms with E-state index < -0.39 is 0 Å². The van der Waals surface area contributed by atoms with Gasteiger partial charge in [-0.15, -0.1) is 0 Å². The van der Waals surface area contributed by atoms with Crippen LogP contribution in [0.15, 0.2) is 66.7 Å². The van der Waals surface area contributed by atoms with E-state index in [2.05, 4.69) is 27.5 Å². The maximum Gasteiger partial charge on any atom is 0.252 e. The lowest BCUT2D eigenvalue weighted by Gasteiger charge is -2.08. The highest BCUT2D eigenvalue weighted by Gasteiger charge is 2.19. The van der Waals surface area contributed by atoms with Gasteiger partial charge in [-0.1, -0.05) is 48.5 Å². The highest BCUT2D eigenvalue weighted by atomic mass is 16.1. The molecule has 0 saturated heterocycles. The lowest BCUT2D eigenvalue weighted by atomic mass is 10.1. The summed E-state index contributed by atoms with van der Waals surface area (Å²) in [5.74, 6) is -0.0952. The van der Waals surface area contributed by atoms with Crippen molar-refractivity contribution in [2.24, 2.45) is 0 Å². The van der Waals surface area contributed by atoms with Crippen LogP contribution in [-0.4, -0.2) is 27.2 Å². The van der Waals surface area contributed by atoms with Gasteiger partial charge in [0.1, 0.15) is 0 Å². The minimum Gasteiger partial charge on any atom is -0.352 e. The van der Waals surface area contributed by atoms with E-state index in [0.29, 0.717) is 17.8 Å². The third-order valence-corrected chi connectivity index (χ3v) is 4.73. The summed E-state index contributed by atoms with van der Waals surface area (Å²) in [5.41, 5.74) is 5.03. The van der Waals surface area contributed by atoms with Crippen molar-refractivity contribution in [3.63, 3.8) is 0 Å². The van der Waals surface area contributed by atoms with Gasteiger partial charge in [0.2, 0.25) is 0 Å². The third-order valence-electron chi connectivity index (χ3n) is 4.73. The Morgan fingerprint density at radius 2 is 1.68 bits per heavy atom. The Bertz CT molecular complexity index is 1120. The molecule has 0 unspecified atom stereocenters. The molecule has 5 nitrogen and oxygen atoms in total. The molecule has 2 aromatic carbocycles. The summed E-state index contributed by atoms with van der Waals surface area (Å²) in [5, 5.41) is 8.48. The van der Waals surface area contributed by atoms with Crippen molar-refractivity contribution in [1.82, 2.24) is 20.1 Å². The summed E-state index contributed by atoms with van der Waals surface area (Å²) in [6.45, 7) is 4.40. The van der Waals surface area contributed by atoms with Crippen LogP contribution in [0.5, 0.6) is 0 Å². The molecule has 28 heavy (non-hydrogen) atoms. The molecule has 5 heteroatoms. The SMILES string of the molecule is Cc1cc(C(=O)NCCc2ccccc2)c2c(C)nn(-c3ccccc3)c2n1. The van der Waals surface area contributed by atoms with Crippen LogP contribution < -0.4 is 5.32 Å². The summed E-state index contributed by atoms with van der Waals surface area (Å²) in [7, 11) is 0. The molecule has 4 rings (SSSR count). The van der Waals surface area contributed by atoms with Gasteiger partial charge < -0.3 is 5.32 Å². The number of hydrogen-bond donors (Lipinski definition) is 1. The summed E-state index contributed by atoms with van der Waals surface area (Å²) < 4.78 is 1.80. The van der Waals surface area contributed by atoms with Crippen molar-refractivity contribution < 1.29 is 4.79 Å². The van der Waals surface area contributed by atoms with Crippen LogP contribution in [0, 0.1) is 13.8 Å². The average molecular weight is 370 g/mol. The molecule has 0 saturated carbocycles. The van der Waals surface area contributed by atoms with Crippen LogP contribution in [0.3, 0.4) is 0 Å². The Kier molecular flexibility index (Phi) is 4.89. The molecule has 0 bridgehead atoms. The third kappa shape index (κ3) is 3.51. The fourth-order valence-electron chi connectivity index (χ4n) is 3.40. The number of nitrogens with zero attached hydrogens (tertiary/aromatic N) is 3. The second-order valence-electron chi connectivity index (χ2n) is 6.83. The Balaban J connectivity index is 1.65. The minimum absolute atomic E-state index is 0.0952. The molecule has 0 aliphatic carbocycles. The van der Waals surface area contributed by atoms with Crippen LogP contribution in [0.1, 0.15) is 27.3 Å². The predicted octanol–water partition coefficient (Wildman–Crippen LogP) is 4.01. The molecule has 4 aromatic rings. The van der Waals surface area contributed by atoms with E-state index >= 15 is 0 Å². The van der Waals surface area contributed by atoms with E-state index in [1.54, 1.807) is 4.68 Å². The van der Waals surface area contributed by atoms with Crippen LogP contribution in [0.2, 0.25) is 0 Å². The first-order chi connectivity index (χ1) is 13.6. The molecule has 0 aliphatic rings. The second kappa shape index (κ2) is 7.64. The number of nitrogens with one attached hydrogen (secondary N) is 1. The highest BCUT2D eigenvalue weighted by molar-refractivity contribution is 6.06. The van der Waals surface area contributed by atoms with Gasteiger partial charge in [0.05, 0.1) is 22.3 Å². The van der Waals surface area contributed by atoms with Crippen molar-refractivity contribution in [3.05, 3.63) is 89.2 Å². The zero-order chi connectivity index (χ0) is 19.5. The normalized spacial score (nSPS) is 10.9.